The van der Waals surface area contributed by atoms with E-state index < -0.39 is 17.7 Å². The molecule has 1 saturated heterocycles. The zero-order valence-electron chi connectivity index (χ0n) is 26.9. The fourth-order valence-corrected chi connectivity index (χ4v) is 7.34. The van der Waals surface area contributed by atoms with Crippen molar-refractivity contribution < 1.29 is 28.9 Å². The summed E-state index contributed by atoms with van der Waals surface area (Å²) in [5, 5.41) is 21.1. The van der Waals surface area contributed by atoms with Gasteiger partial charge in [-0.2, -0.15) is 0 Å². The number of anilines is 1. The second-order valence-corrected chi connectivity index (χ2v) is 13.7. The Bertz CT molecular complexity index is 2010. The number of ether oxygens (including phenoxy) is 3. The number of rotatable bonds is 12. The summed E-state index contributed by atoms with van der Waals surface area (Å²) in [7, 11) is 1.51. The summed E-state index contributed by atoms with van der Waals surface area (Å²) in [4.78, 5) is 28.8. The number of halogens is 1. The van der Waals surface area contributed by atoms with E-state index in [1.54, 1.807) is 42.5 Å². The maximum absolute atomic E-state index is 13.8. The number of ketones is 1. The molecule has 1 aliphatic heterocycles. The van der Waals surface area contributed by atoms with Crippen LogP contribution in [0.25, 0.3) is 5.76 Å². The topological polar surface area (TPSA) is 111 Å². The Morgan fingerprint density at radius 3 is 2.43 bits per heavy atom. The summed E-state index contributed by atoms with van der Waals surface area (Å²) in [6.07, 6.45) is 0. The van der Waals surface area contributed by atoms with Gasteiger partial charge < -0.3 is 19.3 Å². The molecule has 0 spiro atoms. The molecule has 2 heterocycles. The van der Waals surface area contributed by atoms with Crippen molar-refractivity contribution in [2.24, 2.45) is 0 Å². The third kappa shape index (κ3) is 7.59. The monoisotopic (exact) mass is 713 g/mol. The van der Waals surface area contributed by atoms with E-state index in [-0.39, 0.29) is 16.5 Å². The van der Waals surface area contributed by atoms with Gasteiger partial charge in [-0.1, -0.05) is 82.7 Å². The highest BCUT2D eigenvalue weighted by molar-refractivity contribution is 8.00. The summed E-state index contributed by atoms with van der Waals surface area (Å²) < 4.78 is 17.9. The molecule has 0 aliphatic carbocycles. The maximum atomic E-state index is 13.8. The van der Waals surface area contributed by atoms with Gasteiger partial charge in [-0.15, -0.1) is 10.2 Å². The molecule has 0 bridgehead atoms. The largest absolute Gasteiger partial charge is 0.507 e. The highest BCUT2D eigenvalue weighted by atomic mass is 35.5. The van der Waals surface area contributed by atoms with E-state index in [1.807, 2.05) is 62.4 Å². The standard InChI is InChI=1S/C37H32ClN3O6S2/c1-4-46-29-17-12-26(19-30(29)45-3)32-31(33(42)25-10-15-28(16-11-25)47-20-24-7-5-6-22(2)18-24)34(43)35(44)41(32)36-39-40-37(49-36)48-21-23-8-13-27(38)14-9-23/h5-19,32,42H,4,20-21H2,1-3H3. The number of Topliss-reactive ketones (excluding diaryl/α,β-unsaturated/α-hetero) is 1. The molecule has 6 rings (SSSR count). The molecular weight excluding hydrogens is 682 g/mol. The van der Waals surface area contributed by atoms with Gasteiger partial charge in [-0.3, -0.25) is 14.5 Å². The van der Waals surface area contributed by atoms with Crippen molar-refractivity contribution in [1.29, 1.82) is 0 Å². The molecule has 5 aromatic rings. The molecule has 49 heavy (non-hydrogen) atoms. The van der Waals surface area contributed by atoms with Crippen molar-refractivity contribution in [3.8, 4) is 17.2 Å². The Hall–Kier alpha value is -4.84. The third-order valence-electron chi connectivity index (χ3n) is 7.74. The van der Waals surface area contributed by atoms with Gasteiger partial charge in [-0.25, -0.2) is 0 Å². The molecule has 1 aromatic heterocycles. The molecule has 1 aliphatic rings. The Labute approximate surface area is 297 Å². The molecule has 1 N–H and O–H groups in total. The molecule has 4 aromatic carbocycles. The van der Waals surface area contributed by atoms with E-state index in [1.165, 1.54) is 35.1 Å². The molecular formula is C37H32ClN3O6S2. The first-order chi connectivity index (χ1) is 23.7. The summed E-state index contributed by atoms with van der Waals surface area (Å²) in [6.45, 7) is 4.67. The van der Waals surface area contributed by atoms with Gasteiger partial charge in [0.15, 0.2) is 15.8 Å². The van der Waals surface area contributed by atoms with E-state index in [4.69, 9.17) is 25.8 Å². The SMILES string of the molecule is CCOc1ccc(C2C(=C(O)c3ccc(OCc4cccc(C)c4)cc3)C(=O)C(=O)N2c2nnc(SCc3ccc(Cl)cc3)s2)cc1OC. The number of nitrogens with zero attached hydrogens (tertiary/aromatic N) is 3. The molecule has 12 heteroatoms. The summed E-state index contributed by atoms with van der Waals surface area (Å²) in [6, 6.07) is 26.4. The molecule has 1 unspecified atom stereocenters. The van der Waals surface area contributed by atoms with Crippen molar-refractivity contribution in [2.45, 2.75) is 36.6 Å². The van der Waals surface area contributed by atoms with Crippen LogP contribution in [-0.4, -0.2) is 40.7 Å². The Kier molecular flexibility index (Phi) is 10.5. The minimum Gasteiger partial charge on any atom is -0.507 e. The number of aryl methyl sites for hydroxylation is 1. The van der Waals surface area contributed by atoms with Crippen LogP contribution in [0, 0.1) is 6.92 Å². The lowest BCUT2D eigenvalue weighted by Crippen LogP contribution is -2.29. The van der Waals surface area contributed by atoms with E-state index in [9.17, 15) is 14.7 Å². The fraction of sp³-hybridized carbons (Fsp3) is 0.189. The van der Waals surface area contributed by atoms with Gasteiger partial charge in [-0.05, 0) is 79.1 Å². The van der Waals surface area contributed by atoms with Crippen LogP contribution in [0.2, 0.25) is 5.02 Å². The van der Waals surface area contributed by atoms with Crippen molar-refractivity contribution in [3.63, 3.8) is 0 Å². The average molecular weight is 714 g/mol. The number of methoxy groups -OCH3 is 1. The smallest absolute Gasteiger partial charge is 0.301 e. The third-order valence-corrected chi connectivity index (χ3v) is 10.1. The first kappa shape index (κ1) is 34.0. The van der Waals surface area contributed by atoms with E-state index >= 15 is 0 Å². The number of hydrogen-bond donors (Lipinski definition) is 1. The van der Waals surface area contributed by atoms with Gasteiger partial charge in [0.05, 0.1) is 25.3 Å². The van der Waals surface area contributed by atoms with Crippen molar-refractivity contribution in [1.82, 2.24) is 10.2 Å². The molecule has 0 radical (unpaired) electrons. The molecule has 0 saturated carbocycles. The van der Waals surface area contributed by atoms with Gasteiger partial charge in [0, 0.05) is 16.3 Å². The van der Waals surface area contributed by atoms with Crippen molar-refractivity contribution in [3.05, 3.63) is 129 Å². The van der Waals surface area contributed by atoms with Crippen LogP contribution in [0.15, 0.2) is 101 Å². The van der Waals surface area contributed by atoms with Crippen LogP contribution in [-0.2, 0) is 21.9 Å². The molecule has 9 nitrogen and oxygen atoms in total. The Morgan fingerprint density at radius 1 is 0.939 bits per heavy atom. The number of benzene rings is 4. The number of aromatic nitrogens is 2. The Balaban J connectivity index is 1.34. The van der Waals surface area contributed by atoms with E-state index in [0.717, 1.165) is 16.7 Å². The molecule has 1 fully saturated rings. The number of amides is 1. The Morgan fingerprint density at radius 2 is 1.71 bits per heavy atom. The van der Waals surface area contributed by atoms with E-state index in [0.29, 0.717) is 56.7 Å². The summed E-state index contributed by atoms with van der Waals surface area (Å²) in [5.41, 5.74) is 3.99. The number of carbonyl (C=O) groups is 2. The van der Waals surface area contributed by atoms with Crippen LogP contribution in [0.5, 0.6) is 17.2 Å². The van der Waals surface area contributed by atoms with Gasteiger partial charge >= 0.3 is 5.91 Å². The highest BCUT2D eigenvalue weighted by Crippen LogP contribution is 2.45. The lowest BCUT2D eigenvalue weighted by Gasteiger charge is -2.23. The van der Waals surface area contributed by atoms with Gasteiger partial charge in [0.25, 0.3) is 5.78 Å². The predicted octanol–water partition coefficient (Wildman–Crippen LogP) is 8.40. The minimum atomic E-state index is -1.02. The lowest BCUT2D eigenvalue weighted by molar-refractivity contribution is -0.132. The second kappa shape index (κ2) is 15.1. The van der Waals surface area contributed by atoms with Crippen LogP contribution < -0.4 is 19.1 Å². The molecule has 1 amide bonds. The summed E-state index contributed by atoms with van der Waals surface area (Å²) >= 11 is 8.66. The predicted molar refractivity (Wildman–Crippen MR) is 192 cm³/mol. The highest BCUT2D eigenvalue weighted by Gasteiger charge is 2.48. The maximum Gasteiger partial charge on any atom is 0.301 e. The lowest BCUT2D eigenvalue weighted by atomic mass is 9.95. The molecule has 250 valence electrons. The van der Waals surface area contributed by atoms with Crippen LogP contribution in [0.1, 0.15) is 40.8 Å². The van der Waals surface area contributed by atoms with Gasteiger partial charge in [0.2, 0.25) is 5.13 Å². The van der Waals surface area contributed by atoms with Crippen LogP contribution >= 0.6 is 34.7 Å². The fourth-order valence-electron chi connectivity index (χ4n) is 5.39. The summed E-state index contributed by atoms with van der Waals surface area (Å²) in [5.74, 6) is 0.105. The second-order valence-electron chi connectivity index (χ2n) is 11.1. The quantitative estimate of drug-likeness (QED) is 0.0448. The molecule has 1 atom stereocenters. The van der Waals surface area contributed by atoms with Crippen LogP contribution in [0.3, 0.4) is 0 Å². The zero-order chi connectivity index (χ0) is 34.5. The van der Waals surface area contributed by atoms with Crippen molar-refractivity contribution >= 4 is 57.3 Å². The van der Waals surface area contributed by atoms with Crippen molar-refractivity contribution in [2.75, 3.05) is 18.6 Å². The number of aliphatic hydroxyl groups excluding tert-OH is 1. The van der Waals surface area contributed by atoms with Crippen LogP contribution in [0.4, 0.5) is 5.13 Å². The zero-order valence-corrected chi connectivity index (χ0v) is 29.3. The first-order valence-corrected chi connectivity index (χ1v) is 17.5. The minimum absolute atomic E-state index is 0.0878. The number of carbonyl (C=O) groups excluding carboxylic acids is 2. The van der Waals surface area contributed by atoms with E-state index in [2.05, 4.69) is 10.2 Å². The number of hydrogen-bond acceptors (Lipinski definition) is 10. The first-order valence-electron chi connectivity index (χ1n) is 15.4. The number of thioether (sulfide) groups is 1. The average Bonchev–Trinajstić information content (AvgIpc) is 3.68. The normalized spacial score (nSPS) is 15.4. The van der Waals surface area contributed by atoms with Gasteiger partial charge in [0.1, 0.15) is 18.1 Å². The number of aliphatic hydroxyl groups is 1.